The van der Waals surface area contributed by atoms with Crippen molar-refractivity contribution < 1.29 is 57.1 Å². The van der Waals surface area contributed by atoms with Gasteiger partial charge in [0.15, 0.2) is 17.7 Å². The van der Waals surface area contributed by atoms with Crippen molar-refractivity contribution in [3.05, 3.63) is 42.1 Å². The number of amides is 1. The lowest BCUT2D eigenvalue weighted by atomic mass is 9.73. The number of carbonyl (C=O) groups excluding carboxylic acids is 4. The number of nitrogens with zero attached hydrogens (tertiary/aromatic N) is 2. The molecule has 2 aromatic rings. The van der Waals surface area contributed by atoms with Crippen LogP contribution in [0.4, 0.5) is 9.18 Å². The van der Waals surface area contributed by atoms with Gasteiger partial charge in [0.25, 0.3) is 5.67 Å². The summed E-state index contributed by atoms with van der Waals surface area (Å²) in [6.45, 7) is 12.5. The Labute approximate surface area is 346 Å². The monoisotopic (exact) mass is 827 g/mol. The third-order valence-electron chi connectivity index (χ3n) is 12.4. The molecule has 0 saturated carbocycles. The second kappa shape index (κ2) is 18.3. The fourth-order valence-electron chi connectivity index (χ4n) is 9.02. The topological polar surface area (TPSA) is 172 Å². The zero-order chi connectivity index (χ0) is 43.6. The minimum absolute atomic E-state index is 0.0524. The highest BCUT2D eigenvalue weighted by molar-refractivity contribution is 6.08. The fraction of sp³-hybridized carbons (Fsp3) is 0.659. The summed E-state index contributed by atoms with van der Waals surface area (Å²) in [6, 6.07) is 6.14. The third-order valence-corrected chi connectivity index (χ3v) is 12.4. The quantitative estimate of drug-likeness (QED) is 0.224. The molecule has 15 heteroatoms. The summed E-state index contributed by atoms with van der Waals surface area (Å²) in [5.41, 5.74) is -4.79. The fourth-order valence-corrected chi connectivity index (χ4v) is 9.02. The van der Waals surface area contributed by atoms with Gasteiger partial charge in [-0.2, -0.15) is 0 Å². The van der Waals surface area contributed by atoms with Crippen LogP contribution in [0.5, 0.6) is 5.75 Å². The number of pyridine rings is 1. The van der Waals surface area contributed by atoms with E-state index in [0.29, 0.717) is 18.6 Å². The molecule has 0 bridgehead atoms. The second-order valence-electron chi connectivity index (χ2n) is 17.3. The molecule has 0 spiro atoms. The number of hydrogen-bond donors (Lipinski definition) is 2. The predicted octanol–water partition coefficient (Wildman–Crippen LogP) is 5.60. The lowest BCUT2D eigenvalue weighted by Gasteiger charge is -2.47. The van der Waals surface area contributed by atoms with Crippen molar-refractivity contribution >= 4 is 40.6 Å². The summed E-state index contributed by atoms with van der Waals surface area (Å²) in [5, 5.41) is 15.2. The van der Waals surface area contributed by atoms with E-state index in [4.69, 9.17) is 28.4 Å². The van der Waals surface area contributed by atoms with Gasteiger partial charge in [-0.05, 0) is 90.9 Å². The largest absolute Gasteiger partial charge is 0.497 e. The van der Waals surface area contributed by atoms with E-state index >= 15 is 4.39 Å². The number of halogens is 1. The number of alkyl halides is 1. The summed E-state index contributed by atoms with van der Waals surface area (Å²) >= 11 is 0. The lowest BCUT2D eigenvalue weighted by Crippen LogP contribution is -2.61. The number of benzene rings is 1. The van der Waals surface area contributed by atoms with Crippen LogP contribution in [-0.2, 0) is 38.1 Å². The van der Waals surface area contributed by atoms with E-state index in [1.807, 2.05) is 63.2 Å². The van der Waals surface area contributed by atoms with Gasteiger partial charge in [0.2, 0.25) is 0 Å². The number of esters is 1. The molecular weight excluding hydrogens is 765 g/mol. The first kappa shape index (κ1) is 46.1. The zero-order valence-electron chi connectivity index (χ0n) is 36.2. The molecule has 1 aromatic carbocycles. The number of ketones is 2. The van der Waals surface area contributed by atoms with Crippen molar-refractivity contribution in [3.63, 3.8) is 0 Å². The van der Waals surface area contributed by atoms with Gasteiger partial charge >= 0.3 is 12.1 Å². The van der Waals surface area contributed by atoms with Crippen LogP contribution in [0, 0.1) is 17.8 Å². The first-order valence-corrected chi connectivity index (χ1v) is 20.5. The number of aliphatic hydroxyl groups excluding tert-OH is 1. The summed E-state index contributed by atoms with van der Waals surface area (Å²) in [5.74, 6) is -5.29. The summed E-state index contributed by atoms with van der Waals surface area (Å²) in [6.07, 6.45) is 0.0383. The minimum Gasteiger partial charge on any atom is -0.497 e. The first-order valence-electron chi connectivity index (χ1n) is 20.5. The molecule has 1 amide bonds. The van der Waals surface area contributed by atoms with Crippen LogP contribution in [0.15, 0.2) is 36.5 Å². The molecule has 1 unspecified atom stereocenters. The predicted molar refractivity (Wildman–Crippen MR) is 217 cm³/mol. The molecule has 59 heavy (non-hydrogen) atoms. The molecule has 3 aliphatic heterocycles. The van der Waals surface area contributed by atoms with E-state index in [-0.39, 0.29) is 31.3 Å². The highest BCUT2D eigenvalue weighted by Crippen LogP contribution is 2.41. The molecule has 3 fully saturated rings. The van der Waals surface area contributed by atoms with Crippen molar-refractivity contribution in [1.82, 2.24) is 15.2 Å². The second-order valence-corrected chi connectivity index (χ2v) is 17.3. The standard InChI is InChI=1S/C44H62FN3O11/c1-12-14-33-44(8)36(47-41(53)59-44)26(4)34(49)24(2)22-42(6,55-18-13-15-28-20-29-21-30(54-11)16-17-31(29)46-23-28)38(27(5)37(51)43(7,45)40(52)57-33)58-39-35(50)32(48(9)10)19-25(3)56-39/h13,15-17,20-21,23-27,32-33,35-36,38-39,50H,12,14,18-19,22H2,1-11H3,(H,47,53)/b15-13+/t24-,25-,26+,27+,32+,33-,35-,36+,38-,39?,42-,43+,44-/m1/s1. The summed E-state index contributed by atoms with van der Waals surface area (Å²) in [4.78, 5) is 62.1. The number of Topliss-reactive ketones (excluding diaryl/α,β-unsaturated/α-hetero) is 2. The van der Waals surface area contributed by atoms with Crippen LogP contribution >= 0.6 is 0 Å². The van der Waals surface area contributed by atoms with Crippen molar-refractivity contribution in [2.24, 2.45) is 17.8 Å². The van der Waals surface area contributed by atoms with E-state index in [1.165, 1.54) is 6.92 Å². The molecule has 4 heterocycles. The summed E-state index contributed by atoms with van der Waals surface area (Å²) < 4.78 is 53.4. The van der Waals surface area contributed by atoms with E-state index in [1.54, 1.807) is 47.1 Å². The Hall–Kier alpha value is -4.02. The van der Waals surface area contributed by atoms with Crippen LogP contribution in [0.2, 0.25) is 0 Å². The Morgan fingerprint density at radius 1 is 1.07 bits per heavy atom. The number of likely N-dealkylation sites (N-methyl/N-ethyl adjacent to an activating group) is 1. The molecule has 0 radical (unpaired) electrons. The summed E-state index contributed by atoms with van der Waals surface area (Å²) in [7, 11) is 5.23. The van der Waals surface area contributed by atoms with Gasteiger partial charge in [-0.15, -0.1) is 0 Å². The lowest BCUT2D eigenvalue weighted by molar-refractivity contribution is -0.297. The smallest absolute Gasteiger partial charge is 0.408 e. The molecule has 13 atom stereocenters. The van der Waals surface area contributed by atoms with Gasteiger partial charge in [0.05, 0.1) is 43.1 Å². The van der Waals surface area contributed by atoms with Gasteiger partial charge < -0.3 is 43.7 Å². The number of aromatic nitrogens is 1. The minimum atomic E-state index is -3.20. The normalized spacial score (nSPS) is 37.5. The number of hydrogen-bond acceptors (Lipinski definition) is 13. The molecule has 3 aliphatic rings. The maximum Gasteiger partial charge on any atom is 0.408 e. The van der Waals surface area contributed by atoms with Crippen LogP contribution < -0.4 is 10.1 Å². The Kier molecular flexibility index (Phi) is 14.3. The average Bonchev–Trinajstić information content (AvgIpc) is 3.51. The third kappa shape index (κ3) is 9.64. The van der Waals surface area contributed by atoms with E-state index < -0.39 is 89.2 Å². The number of cyclic esters (lactones) is 1. The molecule has 14 nitrogen and oxygen atoms in total. The van der Waals surface area contributed by atoms with Gasteiger partial charge in [-0.25, -0.2) is 14.0 Å². The van der Waals surface area contributed by atoms with Crippen molar-refractivity contribution in [2.45, 2.75) is 141 Å². The number of methoxy groups -OCH3 is 1. The molecule has 1 aromatic heterocycles. The van der Waals surface area contributed by atoms with E-state index in [0.717, 1.165) is 23.4 Å². The van der Waals surface area contributed by atoms with Crippen molar-refractivity contribution in [2.75, 3.05) is 27.8 Å². The number of nitrogens with one attached hydrogen (secondary N) is 1. The molecule has 0 aliphatic carbocycles. The maximum absolute atomic E-state index is 17.0. The highest BCUT2D eigenvalue weighted by atomic mass is 19.1. The SMILES string of the molecule is CCC[C@H]1OC(=O)[C@@](C)(F)C(=O)[C@H](C)[C@@H](OC2O[C@H](C)C[C@H](N(C)C)[C@H]2O)[C@](C)(OC/C=C/c2cnc3ccc(OC)cc3c2)C[C@@H](C)C(=O)[C@H](C)[C@@H]2NC(=O)O[C@]12C. The van der Waals surface area contributed by atoms with Crippen LogP contribution in [0.1, 0.15) is 86.6 Å². The average molecular weight is 828 g/mol. The Balaban J connectivity index is 1.59. The zero-order valence-corrected chi connectivity index (χ0v) is 36.2. The molecule has 2 N–H and O–H groups in total. The molecular formula is C44H62FN3O11. The maximum atomic E-state index is 17.0. The van der Waals surface area contributed by atoms with Gasteiger partial charge in [-0.3, -0.25) is 14.6 Å². The van der Waals surface area contributed by atoms with Gasteiger partial charge in [-0.1, -0.05) is 46.3 Å². The Morgan fingerprint density at radius 2 is 1.78 bits per heavy atom. The van der Waals surface area contributed by atoms with Crippen molar-refractivity contribution in [1.29, 1.82) is 0 Å². The van der Waals surface area contributed by atoms with Crippen molar-refractivity contribution in [3.8, 4) is 5.75 Å². The first-order chi connectivity index (χ1) is 27.7. The van der Waals surface area contributed by atoms with Gasteiger partial charge in [0.1, 0.15) is 23.7 Å². The number of ether oxygens (including phenoxy) is 6. The number of aliphatic hydroxyl groups is 1. The van der Waals surface area contributed by atoms with Crippen LogP contribution in [0.25, 0.3) is 17.0 Å². The van der Waals surface area contributed by atoms with Crippen LogP contribution in [-0.4, -0.2) is 126 Å². The van der Waals surface area contributed by atoms with Gasteiger partial charge in [0, 0.05) is 35.4 Å². The molecule has 5 rings (SSSR count). The number of fused-ring (bicyclic) bond motifs is 2. The molecule has 326 valence electrons. The highest BCUT2D eigenvalue weighted by Gasteiger charge is 2.59. The number of carbonyl (C=O) groups is 4. The van der Waals surface area contributed by atoms with E-state index in [2.05, 4.69) is 10.3 Å². The number of rotatable bonds is 10. The Morgan fingerprint density at radius 3 is 2.44 bits per heavy atom. The van der Waals surface area contributed by atoms with E-state index in [9.17, 15) is 24.3 Å². The van der Waals surface area contributed by atoms with Crippen LogP contribution in [0.3, 0.4) is 0 Å². The Bertz CT molecular complexity index is 1890. The number of alkyl carbamates (subject to hydrolysis) is 1. The molecule has 3 saturated heterocycles.